The van der Waals surface area contributed by atoms with Crippen LogP contribution in [0.25, 0.3) is 11.3 Å². The molecular weight excluding hydrogens is 399 g/mol. The topological polar surface area (TPSA) is 67.8 Å². The lowest BCUT2D eigenvalue weighted by Gasteiger charge is -2.35. The van der Waals surface area contributed by atoms with E-state index in [1.807, 2.05) is 30.3 Å². The number of hydrogen-bond acceptors (Lipinski definition) is 6. The summed E-state index contributed by atoms with van der Waals surface area (Å²) in [6.45, 7) is 2.68. The van der Waals surface area contributed by atoms with Crippen molar-refractivity contribution in [2.75, 3.05) is 37.9 Å². The molecule has 1 saturated heterocycles. The summed E-state index contributed by atoms with van der Waals surface area (Å²) in [6.07, 6.45) is 0.0801. The molecule has 0 bridgehead atoms. The Kier molecular flexibility index (Phi) is 5.11. The van der Waals surface area contributed by atoms with E-state index in [1.165, 1.54) is 6.07 Å². The minimum Gasteiger partial charge on any atom is -0.454 e. The maximum Gasteiger partial charge on any atom is 0.231 e. The minimum absolute atomic E-state index is 0.0611. The normalized spacial score (nSPS) is 15.3. The fourth-order valence-electron chi connectivity index (χ4n) is 3.81. The lowest BCUT2D eigenvalue weighted by molar-refractivity contribution is -0.130. The fraction of sp³-hybridized carbons (Fsp3) is 0.261. The first-order valence-electron chi connectivity index (χ1n) is 10.2. The number of amides is 1. The molecule has 2 aromatic carbocycles. The van der Waals surface area contributed by atoms with Crippen LogP contribution in [0.3, 0.4) is 0 Å². The van der Waals surface area contributed by atoms with Crippen LogP contribution in [-0.2, 0) is 11.2 Å². The van der Waals surface area contributed by atoms with E-state index in [9.17, 15) is 9.18 Å². The van der Waals surface area contributed by atoms with Crippen molar-refractivity contribution in [2.24, 2.45) is 0 Å². The van der Waals surface area contributed by atoms with Crippen molar-refractivity contribution in [2.45, 2.75) is 6.42 Å². The first-order valence-corrected chi connectivity index (χ1v) is 10.2. The summed E-state index contributed by atoms with van der Waals surface area (Å²) in [6, 6.07) is 16.0. The van der Waals surface area contributed by atoms with Crippen LogP contribution in [-0.4, -0.2) is 54.0 Å². The predicted octanol–water partition coefficient (Wildman–Crippen LogP) is 2.90. The Morgan fingerprint density at radius 1 is 0.935 bits per heavy atom. The van der Waals surface area contributed by atoms with E-state index < -0.39 is 0 Å². The molecule has 1 amide bonds. The van der Waals surface area contributed by atoms with E-state index in [1.54, 1.807) is 23.1 Å². The van der Waals surface area contributed by atoms with Gasteiger partial charge >= 0.3 is 0 Å². The molecule has 8 heteroatoms. The van der Waals surface area contributed by atoms with Crippen LogP contribution >= 0.6 is 0 Å². The highest BCUT2D eigenvalue weighted by Gasteiger charge is 2.23. The number of carbonyl (C=O) groups excluding carboxylic acids is 1. The zero-order chi connectivity index (χ0) is 21.2. The average Bonchev–Trinajstić information content (AvgIpc) is 3.29. The molecule has 0 N–H and O–H groups in total. The second kappa shape index (κ2) is 8.22. The number of aromatic nitrogens is 2. The molecule has 158 valence electrons. The first kappa shape index (κ1) is 19.3. The number of halogens is 1. The Balaban J connectivity index is 1.20. The maximum absolute atomic E-state index is 13.8. The molecule has 2 aliphatic rings. The Bertz CT molecular complexity index is 1100. The van der Waals surface area contributed by atoms with Gasteiger partial charge in [0.1, 0.15) is 5.82 Å². The van der Waals surface area contributed by atoms with Crippen molar-refractivity contribution < 1.29 is 18.7 Å². The summed E-state index contributed by atoms with van der Waals surface area (Å²) in [5, 5.41) is 8.73. The molecule has 2 aliphatic heterocycles. The van der Waals surface area contributed by atoms with Gasteiger partial charge in [-0.15, -0.1) is 10.2 Å². The van der Waals surface area contributed by atoms with Crippen molar-refractivity contribution in [1.82, 2.24) is 15.1 Å². The van der Waals surface area contributed by atoms with Gasteiger partial charge in [-0.05, 0) is 42.0 Å². The molecule has 0 radical (unpaired) electrons. The van der Waals surface area contributed by atoms with Gasteiger partial charge in [-0.3, -0.25) is 4.79 Å². The van der Waals surface area contributed by atoms with Crippen LogP contribution in [0, 0.1) is 5.82 Å². The summed E-state index contributed by atoms with van der Waals surface area (Å²) in [4.78, 5) is 16.4. The summed E-state index contributed by atoms with van der Waals surface area (Å²) >= 11 is 0. The van der Waals surface area contributed by atoms with Gasteiger partial charge in [0.15, 0.2) is 17.3 Å². The van der Waals surface area contributed by atoms with Gasteiger partial charge in [0, 0.05) is 31.7 Å². The van der Waals surface area contributed by atoms with Crippen molar-refractivity contribution in [3.8, 4) is 22.8 Å². The van der Waals surface area contributed by atoms with E-state index in [0.29, 0.717) is 37.5 Å². The van der Waals surface area contributed by atoms with E-state index in [0.717, 1.165) is 22.8 Å². The van der Waals surface area contributed by atoms with E-state index >= 15 is 0 Å². The fourth-order valence-corrected chi connectivity index (χ4v) is 3.81. The predicted molar refractivity (Wildman–Crippen MR) is 112 cm³/mol. The number of nitrogens with zero attached hydrogens (tertiary/aromatic N) is 4. The molecule has 5 rings (SSSR count). The van der Waals surface area contributed by atoms with Crippen molar-refractivity contribution in [1.29, 1.82) is 0 Å². The van der Waals surface area contributed by atoms with Crippen LogP contribution in [0.15, 0.2) is 54.6 Å². The molecule has 3 aromatic rings. The highest BCUT2D eigenvalue weighted by molar-refractivity contribution is 5.79. The molecule has 31 heavy (non-hydrogen) atoms. The molecule has 7 nitrogen and oxygen atoms in total. The third-order valence-electron chi connectivity index (χ3n) is 5.57. The summed E-state index contributed by atoms with van der Waals surface area (Å²) in [7, 11) is 0. The number of benzene rings is 2. The molecular formula is C23H21FN4O3. The van der Waals surface area contributed by atoms with Gasteiger partial charge in [0.2, 0.25) is 12.7 Å². The smallest absolute Gasteiger partial charge is 0.231 e. The molecule has 0 atom stereocenters. The molecule has 1 fully saturated rings. The summed E-state index contributed by atoms with van der Waals surface area (Å²) in [5.41, 5.74) is 2.09. The van der Waals surface area contributed by atoms with Gasteiger partial charge in [-0.1, -0.05) is 18.2 Å². The van der Waals surface area contributed by atoms with Gasteiger partial charge in [-0.2, -0.15) is 0 Å². The van der Waals surface area contributed by atoms with Crippen molar-refractivity contribution in [3.05, 3.63) is 66.0 Å². The third-order valence-corrected chi connectivity index (χ3v) is 5.57. The Hall–Kier alpha value is -3.68. The van der Waals surface area contributed by atoms with Gasteiger partial charge < -0.3 is 19.3 Å². The largest absolute Gasteiger partial charge is 0.454 e. The summed E-state index contributed by atoms with van der Waals surface area (Å²) < 4.78 is 24.6. The van der Waals surface area contributed by atoms with Gasteiger partial charge in [-0.25, -0.2) is 4.39 Å². The highest BCUT2D eigenvalue weighted by atomic mass is 19.1. The van der Waals surface area contributed by atoms with E-state index in [-0.39, 0.29) is 24.9 Å². The number of rotatable bonds is 4. The lowest BCUT2D eigenvalue weighted by Crippen LogP contribution is -2.49. The quantitative estimate of drug-likeness (QED) is 0.647. The second-order valence-corrected chi connectivity index (χ2v) is 7.48. The molecule has 0 saturated carbocycles. The van der Waals surface area contributed by atoms with Crippen LogP contribution in [0.4, 0.5) is 10.2 Å². The monoisotopic (exact) mass is 420 g/mol. The molecule has 0 unspecified atom stereocenters. The number of piperazine rings is 1. The number of carbonyl (C=O) groups is 1. The first-order chi connectivity index (χ1) is 15.2. The van der Waals surface area contributed by atoms with Crippen LogP contribution in [0.2, 0.25) is 0 Å². The molecule has 0 aliphatic carbocycles. The lowest BCUT2D eigenvalue weighted by atomic mass is 10.1. The Morgan fingerprint density at radius 2 is 1.74 bits per heavy atom. The minimum atomic E-state index is -0.340. The summed E-state index contributed by atoms with van der Waals surface area (Å²) in [5.74, 6) is 1.81. The SMILES string of the molecule is O=C(Cc1ccccc1F)N1CCN(c2ccc(-c3ccc4c(c3)OCO4)nn2)CC1. The molecule has 3 heterocycles. The molecule has 1 aromatic heterocycles. The second-order valence-electron chi connectivity index (χ2n) is 7.48. The van der Waals surface area contributed by atoms with Gasteiger partial charge in [0.05, 0.1) is 12.1 Å². The van der Waals surface area contributed by atoms with Crippen LogP contribution < -0.4 is 14.4 Å². The van der Waals surface area contributed by atoms with Crippen molar-refractivity contribution >= 4 is 11.7 Å². The van der Waals surface area contributed by atoms with E-state index in [4.69, 9.17) is 9.47 Å². The van der Waals surface area contributed by atoms with Crippen molar-refractivity contribution in [3.63, 3.8) is 0 Å². The highest BCUT2D eigenvalue weighted by Crippen LogP contribution is 2.35. The van der Waals surface area contributed by atoms with Crippen LogP contribution in [0.5, 0.6) is 11.5 Å². The number of anilines is 1. The number of ether oxygens (including phenoxy) is 2. The zero-order valence-corrected chi connectivity index (χ0v) is 16.8. The van der Waals surface area contributed by atoms with Crippen LogP contribution in [0.1, 0.15) is 5.56 Å². The van der Waals surface area contributed by atoms with Gasteiger partial charge in [0.25, 0.3) is 0 Å². The molecule has 0 spiro atoms. The third kappa shape index (κ3) is 4.01. The number of hydrogen-bond donors (Lipinski definition) is 0. The average molecular weight is 420 g/mol. The Labute approximate surface area is 179 Å². The standard InChI is InChI=1S/C23H21FN4O3/c24-18-4-2-1-3-16(18)14-23(29)28-11-9-27(10-12-28)22-8-6-19(25-26-22)17-5-7-20-21(13-17)31-15-30-20/h1-8,13H,9-12,14-15H2. The Morgan fingerprint density at radius 3 is 2.52 bits per heavy atom. The van der Waals surface area contributed by atoms with E-state index in [2.05, 4.69) is 15.1 Å². The zero-order valence-electron chi connectivity index (χ0n) is 16.8. The number of fused-ring (bicyclic) bond motifs is 1. The maximum atomic E-state index is 13.8.